The zero-order valence-electron chi connectivity index (χ0n) is 6.38. The van der Waals surface area contributed by atoms with Crippen LogP contribution in [0.3, 0.4) is 0 Å². The largest absolute Gasteiger partial charge is 0.379 e. The van der Waals surface area contributed by atoms with E-state index in [0.29, 0.717) is 6.42 Å². The maximum atomic E-state index is 11.1. The van der Waals surface area contributed by atoms with E-state index in [-0.39, 0.29) is 0 Å². The molecule has 0 N–H and O–H groups in total. The summed E-state index contributed by atoms with van der Waals surface area (Å²) in [5, 5.41) is 11.1. The van der Waals surface area contributed by atoms with Crippen molar-refractivity contribution >= 4 is 0 Å². The van der Waals surface area contributed by atoms with Crippen LogP contribution in [0.2, 0.25) is 0 Å². The van der Waals surface area contributed by atoms with E-state index in [4.69, 9.17) is 4.74 Å². The fourth-order valence-corrected chi connectivity index (χ4v) is 1.12. The molecule has 0 aromatic heterocycles. The van der Waals surface area contributed by atoms with Gasteiger partial charge in [-0.05, 0) is 6.42 Å². The van der Waals surface area contributed by atoms with Gasteiger partial charge in [0.25, 0.3) is 0 Å². The highest BCUT2D eigenvalue weighted by molar-refractivity contribution is 4.63. The van der Waals surface area contributed by atoms with Gasteiger partial charge in [-0.25, -0.2) is 5.11 Å². The van der Waals surface area contributed by atoms with E-state index < -0.39 is 6.23 Å². The predicted molar refractivity (Wildman–Crippen MR) is 37.2 cm³/mol. The maximum absolute atomic E-state index is 11.1. The third kappa shape index (κ3) is 1.94. The highest BCUT2D eigenvalue weighted by Gasteiger charge is 2.17. The Morgan fingerprint density at radius 3 is 2.60 bits per heavy atom. The quantitative estimate of drug-likeness (QED) is 0.564. The monoisotopic (exact) mass is 144 g/mol. The van der Waals surface area contributed by atoms with Crippen molar-refractivity contribution in [1.82, 2.24) is 4.90 Å². The lowest BCUT2D eigenvalue weighted by Crippen LogP contribution is -2.42. The van der Waals surface area contributed by atoms with Crippen LogP contribution in [0.15, 0.2) is 0 Å². The summed E-state index contributed by atoms with van der Waals surface area (Å²) in [4.78, 5) is 1.93. The molecule has 1 unspecified atom stereocenters. The van der Waals surface area contributed by atoms with E-state index in [1.165, 1.54) is 0 Å². The topological polar surface area (TPSA) is 32.4 Å². The van der Waals surface area contributed by atoms with Gasteiger partial charge in [0, 0.05) is 13.1 Å². The summed E-state index contributed by atoms with van der Waals surface area (Å²) in [6.07, 6.45) is 0.184. The molecule has 0 aromatic carbocycles. The summed E-state index contributed by atoms with van der Waals surface area (Å²) in [6.45, 7) is 4.98. The van der Waals surface area contributed by atoms with Crippen molar-refractivity contribution in [2.75, 3.05) is 26.3 Å². The second-order valence-corrected chi connectivity index (χ2v) is 2.51. The van der Waals surface area contributed by atoms with Crippen LogP contribution < -0.4 is 0 Å². The first-order valence-corrected chi connectivity index (χ1v) is 3.82. The van der Waals surface area contributed by atoms with Gasteiger partial charge >= 0.3 is 0 Å². The molecule has 0 amide bonds. The molecule has 0 bridgehead atoms. The fraction of sp³-hybridized carbons (Fsp3) is 1.00. The lowest BCUT2D eigenvalue weighted by atomic mass is 10.3. The van der Waals surface area contributed by atoms with Crippen LogP contribution in [-0.2, 0) is 9.84 Å². The van der Waals surface area contributed by atoms with Gasteiger partial charge in [0.2, 0.25) is 0 Å². The van der Waals surface area contributed by atoms with Crippen molar-refractivity contribution < 1.29 is 9.84 Å². The summed E-state index contributed by atoms with van der Waals surface area (Å²) in [5.74, 6) is 0. The third-order valence-corrected chi connectivity index (χ3v) is 1.80. The molecule has 0 spiro atoms. The molecule has 1 fully saturated rings. The molecular weight excluding hydrogens is 130 g/mol. The van der Waals surface area contributed by atoms with Gasteiger partial charge in [-0.2, -0.15) is 0 Å². The maximum Gasteiger partial charge on any atom is 0.146 e. The molecule has 3 heteroatoms. The SMILES string of the molecule is CCC([O])N1CCOCC1. The first-order chi connectivity index (χ1) is 4.84. The van der Waals surface area contributed by atoms with E-state index in [1.807, 2.05) is 11.8 Å². The Morgan fingerprint density at radius 2 is 2.10 bits per heavy atom. The van der Waals surface area contributed by atoms with Gasteiger partial charge in [-0.1, -0.05) is 6.92 Å². The Bertz CT molecular complexity index is 91.6. The van der Waals surface area contributed by atoms with Crippen molar-refractivity contribution in [1.29, 1.82) is 0 Å². The normalized spacial score (nSPS) is 24.6. The zero-order chi connectivity index (χ0) is 7.40. The molecule has 1 aliphatic rings. The molecule has 0 aliphatic carbocycles. The molecule has 1 atom stereocenters. The zero-order valence-corrected chi connectivity index (χ0v) is 6.38. The Balaban J connectivity index is 2.24. The lowest BCUT2D eigenvalue weighted by molar-refractivity contribution is -0.0919. The van der Waals surface area contributed by atoms with E-state index >= 15 is 0 Å². The average molecular weight is 144 g/mol. The molecule has 59 valence electrons. The molecule has 1 heterocycles. The number of morpholine rings is 1. The van der Waals surface area contributed by atoms with Crippen molar-refractivity contribution in [3.05, 3.63) is 0 Å². The summed E-state index contributed by atoms with van der Waals surface area (Å²) in [5.41, 5.74) is 0. The van der Waals surface area contributed by atoms with Crippen LogP contribution in [0.25, 0.3) is 0 Å². The van der Waals surface area contributed by atoms with E-state index in [0.717, 1.165) is 26.3 Å². The van der Waals surface area contributed by atoms with Crippen molar-refractivity contribution in [2.45, 2.75) is 19.6 Å². The van der Waals surface area contributed by atoms with Gasteiger partial charge in [-0.3, -0.25) is 4.90 Å². The van der Waals surface area contributed by atoms with Crippen LogP contribution in [0.4, 0.5) is 0 Å². The summed E-state index contributed by atoms with van der Waals surface area (Å²) in [7, 11) is 0. The number of hydrogen-bond acceptors (Lipinski definition) is 2. The number of rotatable bonds is 2. The van der Waals surface area contributed by atoms with Gasteiger partial charge in [-0.15, -0.1) is 0 Å². The minimum atomic E-state index is -0.510. The van der Waals surface area contributed by atoms with Crippen LogP contribution >= 0.6 is 0 Å². The summed E-state index contributed by atoms with van der Waals surface area (Å²) < 4.78 is 5.11. The molecule has 1 aliphatic heterocycles. The molecule has 1 rings (SSSR count). The molecular formula is C7H14NO2. The lowest BCUT2D eigenvalue weighted by Gasteiger charge is -2.28. The van der Waals surface area contributed by atoms with Gasteiger partial charge in [0.15, 0.2) is 0 Å². The van der Waals surface area contributed by atoms with Crippen LogP contribution in [0, 0.1) is 0 Å². The van der Waals surface area contributed by atoms with Gasteiger partial charge in [0.1, 0.15) is 6.23 Å². The minimum absolute atomic E-state index is 0.510. The number of nitrogens with zero attached hydrogens (tertiary/aromatic N) is 1. The highest BCUT2D eigenvalue weighted by Crippen LogP contribution is 2.04. The van der Waals surface area contributed by atoms with Gasteiger partial charge in [0.05, 0.1) is 13.2 Å². The molecule has 0 aromatic rings. The Morgan fingerprint density at radius 1 is 1.50 bits per heavy atom. The Hall–Kier alpha value is -0.120. The van der Waals surface area contributed by atoms with Crippen LogP contribution in [0.5, 0.6) is 0 Å². The fourth-order valence-electron chi connectivity index (χ4n) is 1.12. The van der Waals surface area contributed by atoms with E-state index in [1.54, 1.807) is 0 Å². The van der Waals surface area contributed by atoms with Crippen molar-refractivity contribution in [2.24, 2.45) is 0 Å². The molecule has 10 heavy (non-hydrogen) atoms. The standard InChI is InChI=1S/C7H14NO2/c1-2-7(9)8-3-5-10-6-4-8/h7H,2-6H2,1H3. The summed E-state index contributed by atoms with van der Waals surface area (Å²) in [6, 6.07) is 0. The molecule has 0 saturated carbocycles. The van der Waals surface area contributed by atoms with Crippen molar-refractivity contribution in [3.63, 3.8) is 0 Å². The smallest absolute Gasteiger partial charge is 0.146 e. The average Bonchev–Trinajstić information content (AvgIpc) is 2.05. The summed E-state index contributed by atoms with van der Waals surface area (Å²) >= 11 is 0. The Labute approximate surface area is 61.6 Å². The van der Waals surface area contributed by atoms with Gasteiger partial charge < -0.3 is 4.74 Å². The second kappa shape index (κ2) is 3.91. The van der Waals surface area contributed by atoms with Crippen molar-refractivity contribution in [3.8, 4) is 0 Å². The molecule has 1 radical (unpaired) electrons. The third-order valence-electron chi connectivity index (χ3n) is 1.80. The molecule has 1 saturated heterocycles. The van der Waals surface area contributed by atoms with E-state index in [9.17, 15) is 5.11 Å². The first kappa shape index (κ1) is 7.98. The predicted octanol–water partition coefficient (Wildman–Crippen LogP) is 0.485. The Kier molecular flexibility index (Phi) is 3.12. The highest BCUT2D eigenvalue weighted by atomic mass is 16.5. The van der Waals surface area contributed by atoms with E-state index in [2.05, 4.69) is 0 Å². The minimum Gasteiger partial charge on any atom is -0.379 e. The molecule has 3 nitrogen and oxygen atoms in total. The van der Waals surface area contributed by atoms with Crippen LogP contribution in [0.1, 0.15) is 13.3 Å². The number of ether oxygens (including phenoxy) is 1. The first-order valence-electron chi connectivity index (χ1n) is 3.82. The van der Waals surface area contributed by atoms with Crippen LogP contribution in [-0.4, -0.2) is 37.4 Å². The number of hydrogen-bond donors (Lipinski definition) is 0. The second-order valence-electron chi connectivity index (χ2n) is 2.51.